The Morgan fingerprint density at radius 1 is 1.02 bits per heavy atom. The number of benzene rings is 1. The van der Waals surface area contributed by atoms with Crippen LogP contribution in [0.5, 0.6) is 11.6 Å². The van der Waals surface area contributed by atoms with E-state index in [0.29, 0.717) is 70.7 Å². The summed E-state index contributed by atoms with van der Waals surface area (Å²) in [6.07, 6.45) is 2.10. The summed E-state index contributed by atoms with van der Waals surface area (Å²) >= 11 is 0. The van der Waals surface area contributed by atoms with E-state index in [0.717, 1.165) is 18.4 Å². The van der Waals surface area contributed by atoms with Gasteiger partial charge in [-0.05, 0) is 37.3 Å². The van der Waals surface area contributed by atoms with Gasteiger partial charge < -0.3 is 29.7 Å². The number of carbonyl (C=O) groups is 3. The minimum absolute atomic E-state index is 0.0109. The van der Waals surface area contributed by atoms with E-state index in [1.54, 1.807) is 37.3 Å². The number of phenols is 1. The summed E-state index contributed by atoms with van der Waals surface area (Å²) in [7, 11) is 0. The Morgan fingerprint density at radius 3 is 2.61 bits per heavy atom. The molecule has 41 heavy (non-hydrogen) atoms. The average Bonchev–Trinajstić information content (AvgIpc) is 3.36. The molecular weight excluding hydrogens is 526 g/mol. The average molecular weight is 566 g/mol. The number of para-hydroxylation sites is 1. The van der Waals surface area contributed by atoms with Gasteiger partial charge in [0.15, 0.2) is 0 Å². The van der Waals surface area contributed by atoms with Crippen LogP contribution in [0.15, 0.2) is 42.5 Å². The summed E-state index contributed by atoms with van der Waals surface area (Å²) in [6, 6.07) is 11.5. The third kappa shape index (κ3) is 7.34. The van der Waals surface area contributed by atoms with E-state index < -0.39 is 6.04 Å². The molecule has 4 aliphatic rings. The number of amides is 3. The minimum Gasteiger partial charge on any atom is -0.508 e. The number of piperidine rings is 1. The molecule has 1 aromatic heterocycles. The van der Waals surface area contributed by atoms with Crippen LogP contribution in [0, 0.1) is 5.92 Å². The lowest BCUT2D eigenvalue weighted by molar-refractivity contribution is -0.138. The van der Waals surface area contributed by atoms with Crippen LogP contribution in [-0.2, 0) is 20.9 Å². The normalized spacial score (nSPS) is 24.9. The van der Waals surface area contributed by atoms with Gasteiger partial charge in [-0.25, -0.2) is 4.98 Å². The van der Waals surface area contributed by atoms with Crippen LogP contribution in [0.3, 0.4) is 0 Å². The highest BCUT2D eigenvalue weighted by Crippen LogP contribution is 2.28. The lowest BCUT2D eigenvalue weighted by Crippen LogP contribution is -2.49. The second-order valence-electron chi connectivity index (χ2n) is 11.0. The molecule has 11 nitrogen and oxygen atoms in total. The molecule has 0 unspecified atom stereocenters. The van der Waals surface area contributed by atoms with Crippen LogP contribution in [-0.4, -0.2) is 107 Å². The van der Waals surface area contributed by atoms with Crippen molar-refractivity contribution in [2.75, 3.05) is 52.5 Å². The quantitative estimate of drug-likeness (QED) is 0.527. The fourth-order valence-corrected chi connectivity index (χ4v) is 5.90. The number of nitrogens with zero attached hydrogens (tertiary/aromatic N) is 4. The number of hydrogen-bond acceptors (Lipinski definition) is 8. The lowest BCUT2D eigenvalue weighted by atomic mass is 9.95. The molecule has 2 atom stereocenters. The van der Waals surface area contributed by atoms with Crippen molar-refractivity contribution in [3.05, 3.63) is 53.7 Å². The van der Waals surface area contributed by atoms with Gasteiger partial charge in [0.25, 0.3) is 5.91 Å². The maximum Gasteiger partial charge on any atom is 0.270 e. The summed E-state index contributed by atoms with van der Waals surface area (Å²) in [5.41, 5.74) is 0.966. The van der Waals surface area contributed by atoms with E-state index >= 15 is 0 Å². The highest BCUT2D eigenvalue weighted by Gasteiger charge is 2.40. The van der Waals surface area contributed by atoms with Gasteiger partial charge >= 0.3 is 0 Å². The van der Waals surface area contributed by atoms with E-state index in [9.17, 15) is 19.5 Å². The van der Waals surface area contributed by atoms with Crippen molar-refractivity contribution in [2.24, 2.45) is 5.92 Å². The Morgan fingerprint density at radius 2 is 1.83 bits per heavy atom. The van der Waals surface area contributed by atoms with Gasteiger partial charge in [-0.3, -0.25) is 19.3 Å². The number of likely N-dealkylation sites (tertiary alicyclic amines) is 1. The van der Waals surface area contributed by atoms with E-state index in [1.807, 2.05) is 26.8 Å². The highest BCUT2D eigenvalue weighted by molar-refractivity contribution is 5.92. The van der Waals surface area contributed by atoms with E-state index in [2.05, 4.69) is 10.3 Å². The van der Waals surface area contributed by atoms with Gasteiger partial charge in [0.2, 0.25) is 17.7 Å². The summed E-state index contributed by atoms with van der Waals surface area (Å²) in [4.78, 5) is 49.4. The van der Waals surface area contributed by atoms with Crippen molar-refractivity contribution in [1.82, 2.24) is 25.0 Å². The van der Waals surface area contributed by atoms with Gasteiger partial charge in [0.05, 0.1) is 19.3 Å². The fourth-order valence-electron chi connectivity index (χ4n) is 5.90. The van der Waals surface area contributed by atoms with E-state index in [4.69, 9.17) is 9.47 Å². The zero-order valence-electron chi connectivity index (χ0n) is 23.5. The van der Waals surface area contributed by atoms with Crippen LogP contribution >= 0.6 is 0 Å². The zero-order chi connectivity index (χ0) is 28.8. The Bertz CT molecular complexity index is 1230. The first-order valence-corrected chi connectivity index (χ1v) is 14.4. The molecule has 5 heterocycles. The van der Waals surface area contributed by atoms with Crippen molar-refractivity contribution < 1.29 is 29.0 Å². The first-order chi connectivity index (χ1) is 19.9. The molecule has 2 saturated heterocycles. The molecule has 0 radical (unpaired) electrons. The maximum absolute atomic E-state index is 13.9. The molecule has 2 N–H and O–H groups in total. The number of ether oxygens (including phenoxy) is 2. The van der Waals surface area contributed by atoms with Crippen LogP contribution in [0.25, 0.3) is 0 Å². The molecule has 0 aliphatic carbocycles. The number of phenolic OH excluding ortho intramolecular Hbond substituents is 1. The molecule has 6 rings (SSSR count). The van der Waals surface area contributed by atoms with Gasteiger partial charge in [-0.15, -0.1) is 0 Å². The van der Waals surface area contributed by atoms with E-state index in [1.165, 1.54) is 0 Å². The molecule has 0 saturated carbocycles. The minimum atomic E-state index is -0.431. The third-order valence-electron chi connectivity index (χ3n) is 8.18. The number of hydrogen-bond donors (Lipinski definition) is 2. The second kappa shape index (κ2) is 13.3. The second-order valence-corrected chi connectivity index (χ2v) is 11.0. The molecule has 2 aromatic rings. The summed E-state index contributed by atoms with van der Waals surface area (Å²) in [6.45, 7) is 5.81. The van der Waals surface area contributed by atoms with Gasteiger partial charge in [0.1, 0.15) is 18.1 Å². The number of rotatable bonds is 2. The summed E-state index contributed by atoms with van der Waals surface area (Å²) in [5.74, 6) is 0.529. The van der Waals surface area contributed by atoms with Crippen molar-refractivity contribution >= 4 is 17.7 Å². The molecule has 3 amide bonds. The van der Waals surface area contributed by atoms with Crippen molar-refractivity contribution in [3.8, 4) is 11.6 Å². The highest BCUT2D eigenvalue weighted by atomic mass is 16.5. The summed E-state index contributed by atoms with van der Waals surface area (Å²) < 4.78 is 11.4. The van der Waals surface area contributed by atoms with Crippen LogP contribution in [0.1, 0.15) is 42.2 Å². The molecule has 0 spiro atoms. The van der Waals surface area contributed by atoms with Crippen LogP contribution in [0.4, 0.5) is 0 Å². The number of pyridine rings is 1. The maximum atomic E-state index is 13.9. The predicted molar refractivity (Wildman–Crippen MR) is 150 cm³/mol. The van der Waals surface area contributed by atoms with Gasteiger partial charge in [0, 0.05) is 63.9 Å². The smallest absolute Gasteiger partial charge is 0.270 e. The Labute approximate surface area is 240 Å². The number of carbonyl (C=O) groups excluding carboxylic acids is 3. The van der Waals surface area contributed by atoms with Crippen molar-refractivity contribution in [1.29, 1.82) is 0 Å². The number of fused-ring (bicyclic) bond motifs is 10. The SMILES string of the molecule is CC(=O)N1CCOCCOc2cccc(n2)C(=O)N[C@H]2C[C@@H](C(=O)N3CCC(CC3)C1)N(Cc1ccccc1O)C2. The summed E-state index contributed by atoms with van der Waals surface area (Å²) in [5, 5.41) is 13.5. The number of aromatic hydroxyl groups is 1. The van der Waals surface area contributed by atoms with E-state index in [-0.39, 0.29) is 41.8 Å². The van der Waals surface area contributed by atoms with Crippen LogP contribution in [0.2, 0.25) is 0 Å². The largest absolute Gasteiger partial charge is 0.508 e. The monoisotopic (exact) mass is 565 g/mol. The number of nitrogens with one attached hydrogen (secondary N) is 1. The molecule has 220 valence electrons. The topological polar surface area (TPSA) is 125 Å². The van der Waals surface area contributed by atoms with Crippen molar-refractivity contribution in [2.45, 2.75) is 44.8 Å². The zero-order valence-corrected chi connectivity index (χ0v) is 23.5. The van der Waals surface area contributed by atoms with Gasteiger partial charge in [-0.1, -0.05) is 24.3 Å². The molecule has 6 bridgehead atoms. The Balaban J connectivity index is 1.36. The molecule has 1 aromatic carbocycles. The van der Waals surface area contributed by atoms with Crippen LogP contribution < -0.4 is 10.1 Å². The first-order valence-electron chi connectivity index (χ1n) is 14.4. The third-order valence-corrected chi connectivity index (χ3v) is 8.18. The molecule has 11 heteroatoms. The fraction of sp³-hybridized carbons (Fsp3) is 0.533. The molecular formula is C30H39N5O6. The standard InChI is InChI=1S/C30H39N5O6/c1-21(36)34-13-14-40-15-16-41-28-8-4-6-25(32-28)29(38)31-24-17-26(30(39)33-11-9-22(18-34)10-12-33)35(20-24)19-23-5-2-3-7-27(23)37/h2-8,22,24,26,37H,9-20H2,1H3,(H,31,38)/t24-,26-/m0/s1. The Kier molecular flexibility index (Phi) is 9.35. The Hall–Kier alpha value is -3.70. The number of aromatic nitrogens is 1. The predicted octanol–water partition coefficient (Wildman–Crippen LogP) is 1.66. The van der Waals surface area contributed by atoms with Gasteiger partial charge in [-0.2, -0.15) is 0 Å². The molecule has 2 fully saturated rings. The first kappa shape index (κ1) is 28.8. The lowest BCUT2D eigenvalue weighted by Gasteiger charge is -2.37. The van der Waals surface area contributed by atoms with Crippen molar-refractivity contribution in [3.63, 3.8) is 0 Å². The molecule has 4 aliphatic heterocycles.